The first kappa shape index (κ1) is 19.5. The fourth-order valence-corrected chi connectivity index (χ4v) is 2.65. The van der Waals surface area contributed by atoms with Crippen LogP contribution in [0.3, 0.4) is 0 Å². The Kier molecular flexibility index (Phi) is 6.39. The van der Waals surface area contributed by atoms with Gasteiger partial charge in [0, 0.05) is 24.7 Å². The van der Waals surface area contributed by atoms with Crippen LogP contribution in [-0.4, -0.2) is 37.4 Å². The summed E-state index contributed by atoms with van der Waals surface area (Å²) in [6.07, 6.45) is 0. The van der Waals surface area contributed by atoms with E-state index in [1.807, 2.05) is 51.1 Å². The third-order valence-corrected chi connectivity index (χ3v) is 4.44. The lowest BCUT2D eigenvalue weighted by Crippen LogP contribution is -2.37. The molecule has 0 unspecified atom stereocenters. The van der Waals surface area contributed by atoms with E-state index in [1.54, 1.807) is 25.1 Å². The van der Waals surface area contributed by atoms with Crippen LogP contribution in [0, 0.1) is 20.8 Å². The Morgan fingerprint density at radius 3 is 2.42 bits per heavy atom. The van der Waals surface area contributed by atoms with Gasteiger partial charge in [-0.25, -0.2) is 0 Å². The first-order valence-corrected chi connectivity index (χ1v) is 8.54. The third kappa shape index (κ3) is 4.85. The zero-order valence-corrected chi connectivity index (χ0v) is 16.1. The number of rotatable bonds is 6. The summed E-state index contributed by atoms with van der Waals surface area (Å²) in [5.74, 6) is 0.336. The molecule has 2 rings (SSSR count). The van der Waals surface area contributed by atoms with Crippen molar-refractivity contribution in [2.75, 3.05) is 20.7 Å². The highest BCUT2D eigenvalue weighted by Crippen LogP contribution is 2.21. The molecule has 0 aliphatic heterocycles. The molecule has 1 N–H and O–H groups in total. The Labute approximate surface area is 155 Å². The Hall–Kier alpha value is -2.82. The molecule has 2 amide bonds. The summed E-state index contributed by atoms with van der Waals surface area (Å²) in [7, 11) is 3.33. The number of hydrogen-bond acceptors (Lipinski definition) is 3. The number of carbonyl (C=O) groups is 2. The van der Waals surface area contributed by atoms with Crippen LogP contribution >= 0.6 is 0 Å². The number of aryl methyl sites for hydroxylation is 3. The standard InChI is InChI=1S/C21H26N2O3/c1-14-6-9-19(26-5)18(10-14)13-23(4)20(24)12-22-21(25)17-8-7-15(2)16(3)11-17/h6-11H,12-13H2,1-5H3,(H,22,25). The Bertz CT molecular complexity index is 815. The van der Waals surface area contributed by atoms with Gasteiger partial charge < -0.3 is 15.0 Å². The minimum Gasteiger partial charge on any atom is -0.496 e. The fraction of sp³-hybridized carbons (Fsp3) is 0.333. The van der Waals surface area contributed by atoms with Crippen molar-refractivity contribution in [1.82, 2.24) is 10.2 Å². The van der Waals surface area contributed by atoms with Crippen molar-refractivity contribution in [3.63, 3.8) is 0 Å². The molecule has 26 heavy (non-hydrogen) atoms. The Morgan fingerprint density at radius 2 is 1.77 bits per heavy atom. The number of benzene rings is 2. The van der Waals surface area contributed by atoms with Crippen LogP contribution in [0.15, 0.2) is 36.4 Å². The van der Waals surface area contributed by atoms with Crippen molar-refractivity contribution >= 4 is 11.8 Å². The molecule has 0 saturated heterocycles. The second-order valence-electron chi connectivity index (χ2n) is 6.55. The predicted molar refractivity (Wildman–Crippen MR) is 102 cm³/mol. The topological polar surface area (TPSA) is 58.6 Å². The van der Waals surface area contributed by atoms with E-state index in [0.29, 0.717) is 12.1 Å². The molecule has 138 valence electrons. The van der Waals surface area contributed by atoms with Crippen LogP contribution in [-0.2, 0) is 11.3 Å². The number of carbonyl (C=O) groups excluding carboxylic acids is 2. The van der Waals surface area contributed by atoms with Crippen LogP contribution < -0.4 is 10.1 Å². The number of nitrogens with one attached hydrogen (secondary N) is 1. The summed E-state index contributed by atoms with van der Waals surface area (Å²) >= 11 is 0. The number of methoxy groups -OCH3 is 1. The number of likely N-dealkylation sites (N-methyl/N-ethyl adjacent to an activating group) is 1. The van der Waals surface area contributed by atoms with Crippen LogP contribution in [0.4, 0.5) is 0 Å². The molecule has 2 aromatic carbocycles. The zero-order valence-electron chi connectivity index (χ0n) is 16.1. The summed E-state index contributed by atoms with van der Waals surface area (Å²) < 4.78 is 5.35. The lowest BCUT2D eigenvalue weighted by atomic mass is 10.1. The second-order valence-corrected chi connectivity index (χ2v) is 6.55. The molecular formula is C21H26N2O3. The van der Waals surface area contributed by atoms with E-state index < -0.39 is 0 Å². The van der Waals surface area contributed by atoms with Gasteiger partial charge in [0.2, 0.25) is 5.91 Å². The molecule has 2 aromatic rings. The van der Waals surface area contributed by atoms with Gasteiger partial charge in [0.1, 0.15) is 5.75 Å². The first-order valence-electron chi connectivity index (χ1n) is 8.54. The molecule has 0 radical (unpaired) electrons. The van der Waals surface area contributed by atoms with Crippen LogP contribution in [0.2, 0.25) is 0 Å². The number of amides is 2. The molecule has 0 saturated carbocycles. The third-order valence-electron chi connectivity index (χ3n) is 4.44. The molecule has 0 bridgehead atoms. The van der Waals surface area contributed by atoms with Crippen LogP contribution in [0.5, 0.6) is 5.75 Å². The van der Waals surface area contributed by atoms with Gasteiger partial charge in [-0.15, -0.1) is 0 Å². The molecule has 0 spiro atoms. The van der Waals surface area contributed by atoms with E-state index >= 15 is 0 Å². The molecule has 0 atom stereocenters. The quantitative estimate of drug-likeness (QED) is 0.867. The van der Waals surface area contributed by atoms with Crippen molar-refractivity contribution in [2.45, 2.75) is 27.3 Å². The van der Waals surface area contributed by atoms with E-state index in [1.165, 1.54) is 0 Å². The van der Waals surface area contributed by atoms with Crippen molar-refractivity contribution in [1.29, 1.82) is 0 Å². The van der Waals surface area contributed by atoms with Crippen molar-refractivity contribution < 1.29 is 14.3 Å². The van der Waals surface area contributed by atoms with Gasteiger partial charge in [-0.2, -0.15) is 0 Å². The predicted octanol–water partition coefficient (Wildman–Crippen LogP) is 3.01. The average molecular weight is 354 g/mol. The molecule has 5 heteroatoms. The molecule has 0 heterocycles. The van der Waals surface area contributed by atoms with Crippen molar-refractivity contribution in [2.24, 2.45) is 0 Å². The maximum atomic E-state index is 12.4. The molecule has 0 aliphatic rings. The highest BCUT2D eigenvalue weighted by atomic mass is 16.5. The van der Waals surface area contributed by atoms with Gasteiger partial charge in [-0.05, 0) is 50.1 Å². The van der Waals surface area contributed by atoms with Crippen molar-refractivity contribution in [3.05, 3.63) is 64.2 Å². The number of nitrogens with zero attached hydrogens (tertiary/aromatic N) is 1. The van der Waals surface area contributed by atoms with Gasteiger partial charge >= 0.3 is 0 Å². The number of hydrogen-bond donors (Lipinski definition) is 1. The minimum absolute atomic E-state index is 0.0452. The Balaban J connectivity index is 1.96. The minimum atomic E-state index is -0.247. The Morgan fingerprint density at radius 1 is 1.04 bits per heavy atom. The summed E-state index contributed by atoms with van der Waals surface area (Å²) in [6, 6.07) is 11.4. The smallest absolute Gasteiger partial charge is 0.251 e. The second kappa shape index (κ2) is 8.52. The fourth-order valence-electron chi connectivity index (χ4n) is 2.65. The first-order chi connectivity index (χ1) is 12.3. The molecule has 5 nitrogen and oxygen atoms in total. The lowest BCUT2D eigenvalue weighted by Gasteiger charge is -2.19. The maximum absolute atomic E-state index is 12.4. The zero-order chi connectivity index (χ0) is 19.3. The summed E-state index contributed by atoms with van der Waals surface area (Å²) in [5.41, 5.74) is 4.77. The van der Waals surface area contributed by atoms with Crippen molar-refractivity contribution in [3.8, 4) is 5.75 Å². The molecular weight excluding hydrogens is 328 g/mol. The van der Waals surface area contributed by atoms with Gasteiger partial charge in [0.25, 0.3) is 5.91 Å². The summed E-state index contributed by atoms with van der Waals surface area (Å²) in [5, 5.41) is 2.69. The summed E-state index contributed by atoms with van der Waals surface area (Å²) in [6.45, 7) is 6.32. The highest BCUT2D eigenvalue weighted by molar-refractivity contribution is 5.96. The van der Waals surface area contributed by atoms with Crippen LogP contribution in [0.25, 0.3) is 0 Å². The van der Waals surface area contributed by atoms with Gasteiger partial charge in [-0.3, -0.25) is 9.59 Å². The SMILES string of the molecule is COc1ccc(C)cc1CN(C)C(=O)CNC(=O)c1ccc(C)c(C)c1. The van der Waals surface area contributed by atoms with E-state index in [9.17, 15) is 9.59 Å². The molecule has 0 fully saturated rings. The van der Waals surface area contributed by atoms with E-state index in [-0.39, 0.29) is 18.4 Å². The molecule has 0 aromatic heterocycles. The van der Waals surface area contributed by atoms with Gasteiger partial charge in [0.05, 0.1) is 13.7 Å². The normalized spacial score (nSPS) is 10.3. The lowest BCUT2D eigenvalue weighted by molar-refractivity contribution is -0.129. The van der Waals surface area contributed by atoms with Crippen LogP contribution in [0.1, 0.15) is 32.6 Å². The van der Waals surface area contributed by atoms with E-state index in [2.05, 4.69) is 5.32 Å². The summed E-state index contributed by atoms with van der Waals surface area (Å²) in [4.78, 5) is 26.2. The van der Waals surface area contributed by atoms with Gasteiger partial charge in [-0.1, -0.05) is 23.8 Å². The number of ether oxygens (including phenoxy) is 1. The molecule has 0 aliphatic carbocycles. The maximum Gasteiger partial charge on any atom is 0.251 e. The highest BCUT2D eigenvalue weighted by Gasteiger charge is 2.14. The van der Waals surface area contributed by atoms with E-state index in [4.69, 9.17) is 4.74 Å². The van der Waals surface area contributed by atoms with E-state index in [0.717, 1.165) is 28.0 Å². The monoisotopic (exact) mass is 354 g/mol. The van der Waals surface area contributed by atoms with Gasteiger partial charge in [0.15, 0.2) is 0 Å². The average Bonchev–Trinajstić information content (AvgIpc) is 2.61. The largest absolute Gasteiger partial charge is 0.496 e.